The second-order valence-corrected chi connectivity index (χ2v) is 9.40. The number of hydrogen-bond acceptors (Lipinski definition) is 9. The zero-order chi connectivity index (χ0) is 27.1. The fourth-order valence-corrected chi connectivity index (χ4v) is 5.48. The summed E-state index contributed by atoms with van der Waals surface area (Å²) in [5, 5.41) is 0. The predicted molar refractivity (Wildman–Crippen MR) is 145 cm³/mol. The van der Waals surface area contributed by atoms with Gasteiger partial charge in [-0.1, -0.05) is 0 Å². The maximum absolute atomic E-state index is 6.20. The van der Waals surface area contributed by atoms with Crippen LogP contribution in [0.15, 0.2) is 36.6 Å². The molecule has 38 heavy (non-hydrogen) atoms. The molecule has 1 saturated heterocycles. The summed E-state index contributed by atoms with van der Waals surface area (Å²) in [6, 6.07) is 8.10. The zero-order valence-corrected chi connectivity index (χ0v) is 23.3. The monoisotopic (exact) mass is 528 g/mol. The van der Waals surface area contributed by atoms with Crippen molar-refractivity contribution in [2.24, 2.45) is 0 Å². The first-order valence-corrected chi connectivity index (χ1v) is 12.9. The highest BCUT2D eigenvalue weighted by molar-refractivity contribution is 5.54. The minimum absolute atomic E-state index is 0.0457. The summed E-state index contributed by atoms with van der Waals surface area (Å²) in [7, 11) is 9.82. The van der Waals surface area contributed by atoms with Crippen molar-refractivity contribution < 1.29 is 33.2 Å². The summed E-state index contributed by atoms with van der Waals surface area (Å²) in [6.45, 7) is 3.35. The Balaban J connectivity index is 1.65. The van der Waals surface area contributed by atoms with E-state index in [1.165, 1.54) is 0 Å². The van der Waals surface area contributed by atoms with Crippen LogP contribution in [0.4, 0.5) is 0 Å². The van der Waals surface area contributed by atoms with Crippen LogP contribution in [0.1, 0.15) is 30.4 Å². The van der Waals surface area contributed by atoms with Crippen LogP contribution >= 0.6 is 0 Å². The number of rotatable bonds is 11. The van der Waals surface area contributed by atoms with Gasteiger partial charge in [0.05, 0.1) is 48.9 Å². The van der Waals surface area contributed by atoms with E-state index in [0.717, 1.165) is 56.6 Å². The SMILES string of the molecule is COc1cc(CN2CCCN(Cc3cc(OC)c(OC)c(OC)c3)C2C2CCC=CO2)cc(OC)c1OC. The average molecular weight is 529 g/mol. The molecule has 1 fully saturated rings. The Bertz CT molecular complexity index is 983. The molecule has 0 aromatic heterocycles. The maximum Gasteiger partial charge on any atom is 0.203 e. The van der Waals surface area contributed by atoms with Gasteiger partial charge in [-0.25, -0.2) is 0 Å². The Morgan fingerprint density at radius 2 is 1.13 bits per heavy atom. The summed E-state index contributed by atoms with van der Waals surface area (Å²) in [5.74, 6) is 3.81. The first-order valence-electron chi connectivity index (χ1n) is 12.9. The van der Waals surface area contributed by atoms with E-state index in [2.05, 4.69) is 15.9 Å². The topological polar surface area (TPSA) is 71.1 Å². The highest BCUT2D eigenvalue weighted by Crippen LogP contribution is 2.40. The van der Waals surface area contributed by atoms with Crippen molar-refractivity contribution in [1.82, 2.24) is 9.80 Å². The third-order valence-electron chi connectivity index (χ3n) is 7.16. The van der Waals surface area contributed by atoms with Gasteiger partial charge in [0.1, 0.15) is 12.3 Å². The van der Waals surface area contributed by atoms with Crippen LogP contribution in [0, 0.1) is 0 Å². The van der Waals surface area contributed by atoms with Crippen LogP contribution < -0.4 is 28.4 Å². The van der Waals surface area contributed by atoms with Gasteiger partial charge in [0.2, 0.25) is 11.5 Å². The molecule has 9 nitrogen and oxygen atoms in total. The van der Waals surface area contributed by atoms with E-state index < -0.39 is 0 Å². The molecule has 0 saturated carbocycles. The molecule has 2 aromatic rings. The van der Waals surface area contributed by atoms with Crippen molar-refractivity contribution in [3.05, 3.63) is 47.7 Å². The van der Waals surface area contributed by atoms with E-state index in [9.17, 15) is 0 Å². The smallest absolute Gasteiger partial charge is 0.203 e. The van der Waals surface area contributed by atoms with Gasteiger partial charge in [-0.3, -0.25) is 9.80 Å². The Kier molecular flexibility index (Phi) is 9.47. The molecule has 1 unspecified atom stereocenters. The number of ether oxygens (including phenoxy) is 7. The minimum atomic E-state index is 0.0457. The quantitative estimate of drug-likeness (QED) is 0.420. The average Bonchev–Trinajstić information content (AvgIpc) is 2.96. The molecule has 2 aromatic carbocycles. The molecular weight excluding hydrogens is 488 g/mol. The minimum Gasteiger partial charge on any atom is -0.495 e. The van der Waals surface area contributed by atoms with Crippen LogP contribution in [0.5, 0.6) is 34.5 Å². The van der Waals surface area contributed by atoms with Crippen molar-refractivity contribution in [3.63, 3.8) is 0 Å². The molecule has 208 valence electrons. The van der Waals surface area contributed by atoms with Crippen LogP contribution in [-0.2, 0) is 17.8 Å². The van der Waals surface area contributed by atoms with Gasteiger partial charge in [-0.05, 0) is 60.7 Å². The second kappa shape index (κ2) is 13.0. The number of hydrogen-bond donors (Lipinski definition) is 0. The van der Waals surface area contributed by atoms with Crippen LogP contribution in [0.3, 0.4) is 0 Å². The molecule has 1 atom stereocenters. The fourth-order valence-electron chi connectivity index (χ4n) is 5.48. The van der Waals surface area contributed by atoms with E-state index in [4.69, 9.17) is 33.2 Å². The third kappa shape index (κ3) is 5.89. The Labute approximate surface area is 225 Å². The second-order valence-electron chi connectivity index (χ2n) is 9.40. The van der Waals surface area contributed by atoms with E-state index in [-0.39, 0.29) is 12.3 Å². The first-order chi connectivity index (χ1) is 18.6. The molecule has 0 aliphatic carbocycles. The van der Waals surface area contributed by atoms with Crippen LogP contribution in [0.2, 0.25) is 0 Å². The molecule has 0 radical (unpaired) electrons. The lowest BCUT2D eigenvalue weighted by molar-refractivity contribution is -0.0891. The van der Waals surface area contributed by atoms with Crippen molar-refractivity contribution >= 4 is 0 Å². The molecule has 2 aliphatic heterocycles. The number of benzene rings is 2. The van der Waals surface area contributed by atoms with Gasteiger partial charge in [0, 0.05) is 26.2 Å². The van der Waals surface area contributed by atoms with Gasteiger partial charge in [0.15, 0.2) is 23.0 Å². The lowest BCUT2D eigenvalue weighted by Crippen LogP contribution is -2.58. The lowest BCUT2D eigenvalue weighted by Gasteiger charge is -2.47. The van der Waals surface area contributed by atoms with Crippen molar-refractivity contribution in [2.45, 2.75) is 44.6 Å². The van der Waals surface area contributed by atoms with Gasteiger partial charge < -0.3 is 33.2 Å². The number of nitrogens with zero attached hydrogens (tertiary/aromatic N) is 2. The highest BCUT2D eigenvalue weighted by atomic mass is 16.5. The molecule has 0 amide bonds. The molecule has 2 aliphatic rings. The fraction of sp³-hybridized carbons (Fsp3) is 0.517. The Morgan fingerprint density at radius 1 is 0.684 bits per heavy atom. The van der Waals surface area contributed by atoms with E-state index in [1.54, 1.807) is 42.7 Å². The molecule has 9 heteroatoms. The van der Waals surface area contributed by atoms with E-state index in [1.807, 2.05) is 30.5 Å². The Morgan fingerprint density at radius 3 is 1.47 bits per heavy atom. The lowest BCUT2D eigenvalue weighted by atomic mass is 10.0. The molecule has 4 rings (SSSR count). The van der Waals surface area contributed by atoms with Gasteiger partial charge in [-0.2, -0.15) is 0 Å². The maximum atomic E-state index is 6.20. The summed E-state index contributed by atoms with van der Waals surface area (Å²) < 4.78 is 39.7. The van der Waals surface area contributed by atoms with Gasteiger partial charge in [0.25, 0.3) is 0 Å². The van der Waals surface area contributed by atoms with E-state index in [0.29, 0.717) is 34.5 Å². The van der Waals surface area contributed by atoms with Crippen molar-refractivity contribution in [3.8, 4) is 34.5 Å². The standard InChI is InChI=1S/C29H40N2O7/c1-32-23-14-20(15-24(33-2)27(23)36-5)18-30-11-9-12-31(29(30)22-10-7-8-13-38-22)19-21-16-25(34-3)28(37-6)26(17-21)35-4/h8,13-17,22,29H,7,9-12,18-19H2,1-6H3. The summed E-state index contributed by atoms with van der Waals surface area (Å²) in [6.07, 6.45) is 7.05. The zero-order valence-electron chi connectivity index (χ0n) is 23.3. The summed E-state index contributed by atoms with van der Waals surface area (Å²) in [5.41, 5.74) is 2.18. The van der Waals surface area contributed by atoms with Gasteiger partial charge >= 0.3 is 0 Å². The Hall–Kier alpha value is -3.30. The third-order valence-corrected chi connectivity index (χ3v) is 7.16. The predicted octanol–water partition coefficient (Wildman–Crippen LogP) is 4.46. The molecular formula is C29H40N2O7. The number of allylic oxidation sites excluding steroid dienone is 1. The van der Waals surface area contributed by atoms with Crippen LogP contribution in [0.25, 0.3) is 0 Å². The largest absolute Gasteiger partial charge is 0.495 e. The van der Waals surface area contributed by atoms with E-state index >= 15 is 0 Å². The highest BCUT2D eigenvalue weighted by Gasteiger charge is 2.37. The first kappa shape index (κ1) is 27.7. The van der Waals surface area contributed by atoms with Crippen LogP contribution in [-0.4, -0.2) is 77.8 Å². The summed E-state index contributed by atoms with van der Waals surface area (Å²) >= 11 is 0. The molecule has 0 bridgehead atoms. The normalized spacial score (nSPS) is 18.5. The van der Waals surface area contributed by atoms with Crippen molar-refractivity contribution in [2.75, 3.05) is 55.7 Å². The van der Waals surface area contributed by atoms with Gasteiger partial charge in [-0.15, -0.1) is 0 Å². The summed E-state index contributed by atoms with van der Waals surface area (Å²) in [4.78, 5) is 4.98. The van der Waals surface area contributed by atoms with Crippen molar-refractivity contribution in [1.29, 1.82) is 0 Å². The number of methoxy groups -OCH3 is 6. The molecule has 0 spiro atoms. The molecule has 2 heterocycles. The molecule has 0 N–H and O–H groups in total.